The van der Waals surface area contributed by atoms with Crippen molar-refractivity contribution in [3.05, 3.63) is 12.2 Å². The van der Waals surface area contributed by atoms with Crippen molar-refractivity contribution in [1.82, 2.24) is 0 Å². The van der Waals surface area contributed by atoms with E-state index in [1.165, 1.54) is 0 Å². The fraction of sp³-hybridized carbons (Fsp3) is 0.862. The minimum atomic E-state index is -0.537. The van der Waals surface area contributed by atoms with E-state index in [1.54, 1.807) is 7.11 Å². The van der Waals surface area contributed by atoms with Gasteiger partial charge >= 0.3 is 0 Å². The van der Waals surface area contributed by atoms with Gasteiger partial charge in [-0.15, -0.1) is 0 Å². The molecule has 0 aliphatic heterocycles. The summed E-state index contributed by atoms with van der Waals surface area (Å²) < 4.78 is 6.01. The lowest BCUT2D eigenvalue weighted by molar-refractivity contribution is -0.127. The summed E-state index contributed by atoms with van der Waals surface area (Å²) in [6.07, 6.45) is 2.58. The first-order valence-corrected chi connectivity index (χ1v) is 13.1. The summed E-state index contributed by atoms with van der Waals surface area (Å²) in [4.78, 5) is 18.4. The Kier molecular flexibility index (Phi) is 11.0. The zero-order valence-electron chi connectivity index (χ0n) is 23.5. The first kappa shape index (κ1) is 30.0. The van der Waals surface area contributed by atoms with Gasteiger partial charge in [0.1, 0.15) is 5.78 Å². The van der Waals surface area contributed by atoms with Crippen LogP contribution >= 0.6 is 0 Å². The summed E-state index contributed by atoms with van der Waals surface area (Å²) in [5.41, 5.74) is 1.28. The number of nitrogens with zero attached hydrogens (tertiary/aromatic N) is 1. The van der Waals surface area contributed by atoms with Gasteiger partial charge in [0.25, 0.3) is 0 Å². The molecule has 1 saturated carbocycles. The summed E-state index contributed by atoms with van der Waals surface area (Å²) in [5, 5.41) is 11.7. The third-order valence-electron chi connectivity index (χ3n) is 8.39. The Morgan fingerprint density at radius 1 is 1.12 bits per heavy atom. The molecular formula is C29H53NO3. The third-order valence-corrected chi connectivity index (χ3v) is 8.39. The molecule has 33 heavy (non-hydrogen) atoms. The van der Waals surface area contributed by atoms with E-state index in [0.717, 1.165) is 37.1 Å². The van der Waals surface area contributed by atoms with Crippen molar-refractivity contribution in [3.8, 4) is 0 Å². The van der Waals surface area contributed by atoms with E-state index in [2.05, 4.69) is 62.0 Å². The number of rotatable bonds is 4. The van der Waals surface area contributed by atoms with E-state index in [4.69, 9.17) is 9.73 Å². The van der Waals surface area contributed by atoms with Crippen LogP contribution in [0.5, 0.6) is 0 Å². The highest BCUT2D eigenvalue weighted by Gasteiger charge is 2.43. The molecule has 0 amide bonds. The van der Waals surface area contributed by atoms with Crippen LogP contribution < -0.4 is 0 Å². The van der Waals surface area contributed by atoms with Gasteiger partial charge in [0.2, 0.25) is 0 Å². The second kappa shape index (κ2) is 12.1. The Labute approximate surface area is 204 Å². The number of ether oxygens (including phenoxy) is 1. The summed E-state index contributed by atoms with van der Waals surface area (Å²) in [6.45, 7) is 26.4. The second-order valence-electron chi connectivity index (χ2n) is 12.2. The molecule has 3 unspecified atom stereocenters. The number of ketones is 1. The van der Waals surface area contributed by atoms with Gasteiger partial charge in [-0.1, -0.05) is 80.9 Å². The standard InChI is InChI=1S/C29H53NO3/c1-13-24-14-19(4)22(7)26(31)21(6)16-29(11,33-12)15-20(5)25(30-17-18(2)3)23(8)27(32)28(24,9)10/h18,20-24,27,32H,4,13-17H2,1-3,5-12H3/t20-,21-,22?,23?,24+,27?,29-/m1/s1. The van der Waals surface area contributed by atoms with E-state index < -0.39 is 11.7 Å². The molecule has 1 N–H and O–H groups in total. The van der Waals surface area contributed by atoms with Crippen LogP contribution in [0.4, 0.5) is 0 Å². The number of methoxy groups -OCH3 is 1. The summed E-state index contributed by atoms with van der Waals surface area (Å²) in [5.74, 6) is 0.719. The van der Waals surface area contributed by atoms with E-state index in [1.807, 2.05) is 13.8 Å². The minimum Gasteiger partial charge on any atom is -0.392 e. The molecule has 0 aromatic heterocycles. The molecule has 192 valence electrons. The second-order valence-corrected chi connectivity index (χ2v) is 12.2. The Balaban J connectivity index is 3.58. The van der Waals surface area contributed by atoms with Crippen LogP contribution in [0.1, 0.15) is 94.9 Å². The lowest BCUT2D eigenvalue weighted by atomic mass is 9.64. The van der Waals surface area contributed by atoms with Crippen molar-refractivity contribution >= 4 is 11.5 Å². The van der Waals surface area contributed by atoms with Gasteiger partial charge in [0.15, 0.2) is 0 Å². The number of allylic oxidation sites excluding steroid dienone is 1. The molecule has 0 aromatic carbocycles. The Morgan fingerprint density at radius 2 is 1.67 bits per heavy atom. The normalized spacial score (nSPS) is 38.5. The van der Waals surface area contributed by atoms with Crippen LogP contribution in [0, 0.1) is 40.9 Å². The quantitative estimate of drug-likeness (QED) is 0.469. The maximum atomic E-state index is 13.3. The molecule has 4 nitrogen and oxygen atoms in total. The largest absolute Gasteiger partial charge is 0.392 e. The SMILES string of the molecule is C=C1C[C@H](CC)C(C)(C)C(O)C(C)C(=NCC(C)C)[C@H](C)C[C@@](C)(OC)C[C@@H](C)C(=O)C1C. The van der Waals surface area contributed by atoms with Gasteiger partial charge in [0, 0.05) is 37.1 Å². The van der Waals surface area contributed by atoms with E-state index in [9.17, 15) is 9.90 Å². The van der Waals surface area contributed by atoms with Gasteiger partial charge in [-0.25, -0.2) is 0 Å². The minimum absolute atomic E-state index is 0.0587. The van der Waals surface area contributed by atoms with E-state index in [0.29, 0.717) is 12.3 Å². The highest BCUT2D eigenvalue weighted by Crippen LogP contribution is 2.43. The van der Waals surface area contributed by atoms with Crippen LogP contribution in [0.15, 0.2) is 17.1 Å². The maximum absolute atomic E-state index is 13.3. The lowest BCUT2D eigenvalue weighted by Gasteiger charge is -2.43. The molecule has 1 rings (SSSR count). The number of carbonyl (C=O) groups excluding carboxylic acids is 1. The smallest absolute Gasteiger partial charge is 0.142 e. The maximum Gasteiger partial charge on any atom is 0.142 e. The average Bonchev–Trinajstić information content (AvgIpc) is 2.74. The van der Waals surface area contributed by atoms with Crippen molar-refractivity contribution in [1.29, 1.82) is 0 Å². The summed E-state index contributed by atoms with van der Waals surface area (Å²) in [6, 6.07) is 0. The number of Topliss-reactive ketones (excluding diaryl/α,β-unsaturated/α-hetero) is 1. The number of aliphatic imine (C=N–C) groups is 1. The van der Waals surface area contributed by atoms with Crippen molar-refractivity contribution in [3.63, 3.8) is 0 Å². The molecule has 0 saturated heterocycles. The molecule has 0 heterocycles. The topological polar surface area (TPSA) is 58.9 Å². The van der Waals surface area contributed by atoms with Crippen LogP contribution in [0.25, 0.3) is 0 Å². The number of hydrogen-bond donors (Lipinski definition) is 1. The Morgan fingerprint density at radius 3 is 2.15 bits per heavy atom. The van der Waals surface area contributed by atoms with Gasteiger partial charge in [-0.3, -0.25) is 9.79 Å². The van der Waals surface area contributed by atoms with Crippen molar-refractivity contribution < 1.29 is 14.6 Å². The Bertz CT molecular complexity index is 695. The van der Waals surface area contributed by atoms with Crippen LogP contribution in [-0.4, -0.2) is 42.0 Å². The molecule has 0 spiro atoms. The molecular weight excluding hydrogens is 410 g/mol. The number of aliphatic hydroxyl groups is 1. The zero-order chi connectivity index (χ0) is 25.7. The van der Waals surface area contributed by atoms with Gasteiger partial charge in [-0.05, 0) is 49.4 Å². The Hall–Kier alpha value is -1.00. The molecule has 0 radical (unpaired) electrons. The molecule has 0 aromatic rings. The van der Waals surface area contributed by atoms with Crippen LogP contribution in [0.3, 0.4) is 0 Å². The monoisotopic (exact) mass is 463 g/mol. The third kappa shape index (κ3) is 7.49. The zero-order valence-corrected chi connectivity index (χ0v) is 23.5. The van der Waals surface area contributed by atoms with Crippen molar-refractivity contribution in [2.75, 3.05) is 13.7 Å². The van der Waals surface area contributed by atoms with Crippen molar-refractivity contribution in [2.45, 2.75) is 107 Å². The molecule has 0 bridgehead atoms. The number of aliphatic hydroxyl groups excluding tert-OH is 1. The summed E-state index contributed by atoms with van der Waals surface area (Å²) in [7, 11) is 1.74. The first-order valence-electron chi connectivity index (χ1n) is 13.1. The van der Waals surface area contributed by atoms with Crippen molar-refractivity contribution in [2.24, 2.45) is 45.9 Å². The molecule has 1 aliphatic carbocycles. The van der Waals surface area contributed by atoms with Gasteiger partial charge < -0.3 is 9.84 Å². The predicted octanol–water partition coefficient (Wildman–Crippen LogP) is 6.76. The first-order chi connectivity index (χ1) is 15.1. The average molecular weight is 464 g/mol. The van der Waals surface area contributed by atoms with Gasteiger partial charge in [-0.2, -0.15) is 0 Å². The molecule has 1 fully saturated rings. The van der Waals surface area contributed by atoms with E-state index >= 15 is 0 Å². The molecule has 1 aliphatic rings. The number of hydrogen-bond acceptors (Lipinski definition) is 4. The molecule has 4 heteroatoms. The predicted molar refractivity (Wildman–Crippen MR) is 141 cm³/mol. The number of carbonyl (C=O) groups is 1. The summed E-state index contributed by atoms with van der Waals surface area (Å²) >= 11 is 0. The lowest BCUT2D eigenvalue weighted by Crippen LogP contribution is -2.46. The van der Waals surface area contributed by atoms with Gasteiger partial charge in [0.05, 0.1) is 11.7 Å². The van der Waals surface area contributed by atoms with Crippen LogP contribution in [-0.2, 0) is 9.53 Å². The fourth-order valence-corrected chi connectivity index (χ4v) is 5.89. The highest BCUT2D eigenvalue weighted by atomic mass is 16.5. The fourth-order valence-electron chi connectivity index (χ4n) is 5.89. The van der Waals surface area contributed by atoms with Crippen LogP contribution in [0.2, 0.25) is 0 Å². The molecule has 7 atom stereocenters. The highest BCUT2D eigenvalue weighted by molar-refractivity contribution is 5.89. The van der Waals surface area contributed by atoms with E-state index in [-0.39, 0.29) is 40.8 Å².